The number of ether oxygens (including phenoxy) is 2. The van der Waals surface area contributed by atoms with E-state index in [9.17, 15) is 9.59 Å². The molecule has 1 aliphatic heterocycles. The van der Waals surface area contributed by atoms with Crippen molar-refractivity contribution in [2.24, 2.45) is 0 Å². The van der Waals surface area contributed by atoms with Gasteiger partial charge in [0.25, 0.3) is 5.91 Å². The summed E-state index contributed by atoms with van der Waals surface area (Å²) in [6.07, 6.45) is 2.41. The summed E-state index contributed by atoms with van der Waals surface area (Å²) in [5, 5.41) is 2.80. The van der Waals surface area contributed by atoms with Gasteiger partial charge in [0.2, 0.25) is 0 Å². The van der Waals surface area contributed by atoms with Crippen LogP contribution < -0.4 is 44.3 Å². The van der Waals surface area contributed by atoms with Crippen LogP contribution in [-0.4, -0.2) is 32.4 Å². The number of ketones is 1. The van der Waals surface area contributed by atoms with E-state index in [1.165, 1.54) is 4.91 Å². The zero-order valence-electron chi connectivity index (χ0n) is 20.0. The van der Waals surface area contributed by atoms with Gasteiger partial charge in [0, 0.05) is 42.6 Å². The van der Waals surface area contributed by atoms with Crippen molar-refractivity contribution < 1.29 is 67.2 Å². The molecule has 1 heterocycles. The van der Waals surface area contributed by atoms with Crippen LogP contribution in [0.25, 0.3) is 16.0 Å². The Labute approximate surface area is 308 Å². The zero-order chi connectivity index (χ0) is 26.1. The van der Waals surface area contributed by atoms with Crippen LogP contribution in [0, 0.1) is 4.93 Å². The molecule has 14 heteroatoms. The number of methoxy groups -OCH3 is 2. The van der Waals surface area contributed by atoms with Crippen molar-refractivity contribution in [2.45, 2.75) is 26.6 Å². The van der Waals surface area contributed by atoms with E-state index in [-0.39, 0.29) is 67.2 Å². The van der Waals surface area contributed by atoms with E-state index in [0.29, 0.717) is 6.42 Å². The average Bonchev–Trinajstić information content (AvgIpc) is 3.21. The van der Waals surface area contributed by atoms with E-state index in [4.69, 9.17) is 20.5 Å². The fourth-order valence-electron chi connectivity index (χ4n) is 3.09. The second-order valence-corrected chi connectivity index (χ2v) is 17.2. The Hall–Kier alpha value is 0.994. The maximum atomic E-state index is 11.3. The smallest absolute Gasteiger partial charge is 0.497 e. The number of alkyl halides is 3. The average molecular weight is 1010 g/mol. The van der Waals surface area contributed by atoms with Gasteiger partial charge in [0.1, 0.15) is 11.4 Å². The van der Waals surface area contributed by atoms with Crippen molar-refractivity contribution in [2.75, 3.05) is 20.8 Å². The number of benzene rings is 2. The van der Waals surface area contributed by atoms with E-state index < -0.39 is 0 Å². The van der Waals surface area contributed by atoms with Crippen LogP contribution >= 0.6 is 90.4 Å². The zero-order valence-corrected chi connectivity index (χ0v) is 32.0. The van der Waals surface area contributed by atoms with Gasteiger partial charge in [-0.25, -0.2) is 0 Å². The molecule has 2 aromatic carbocycles. The van der Waals surface area contributed by atoms with Crippen LogP contribution in [0.3, 0.4) is 0 Å². The second kappa shape index (κ2) is 27.2. The summed E-state index contributed by atoms with van der Waals surface area (Å²) < 4.78 is 10.9. The molecule has 0 atom stereocenters. The summed E-state index contributed by atoms with van der Waals surface area (Å²) in [6.45, 7) is 0.721. The molecule has 0 aromatic heterocycles. The number of rotatable bonds is 2. The van der Waals surface area contributed by atoms with Gasteiger partial charge in [-0.3, -0.25) is 19.4 Å². The Morgan fingerprint density at radius 2 is 1.30 bits per heavy atom. The molecule has 1 amide bonds. The number of carbonyl (C=O) groups is 2. The van der Waals surface area contributed by atoms with Crippen molar-refractivity contribution in [1.82, 2.24) is 5.32 Å². The molecule has 0 saturated carbocycles. The summed E-state index contributed by atoms with van der Waals surface area (Å²) >= 11 is 8.85. The number of hydrogen-bond acceptors (Lipinski definition) is 4. The molecule has 0 spiro atoms. The fraction of sp³-hybridized carbons (Fsp3) is 0.348. The van der Waals surface area contributed by atoms with Crippen molar-refractivity contribution in [3.63, 3.8) is 0 Å². The predicted octanol–water partition coefficient (Wildman–Crippen LogP) is 5.10. The maximum Gasteiger partial charge on any atom is 1.00 e. The number of halogens is 4. The molecule has 0 fully saturated rings. The first kappa shape index (κ1) is 45.0. The van der Waals surface area contributed by atoms with E-state index in [1.807, 2.05) is 59.0 Å². The second-order valence-electron chi connectivity index (χ2n) is 6.31. The topological polar surface area (TPSA) is 123 Å². The van der Waals surface area contributed by atoms with Gasteiger partial charge in [-0.1, -0.05) is 75.2 Å². The predicted molar refractivity (Wildman–Crippen MR) is 177 cm³/mol. The third-order valence-corrected chi connectivity index (χ3v) is 4.47. The molecule has 0 bridgehead atoms. The number of hydrogen-bond donors (Lipinski definition) is 1. The first-order chi connectivity index (χ1) is 16.3. The minimum Gasteiger partial charge on any atom is -0.497 e. The molecule has 8 nitrogen and oxygen atoms in total. The number of aryl methyl sites for hydroxylation is 1. The van der Waals surface area contributed by atoms with E-state index in [0.717, 1.165) is 53.1 Å². The van der Waals surface area contributed by atoms with Gasteiger partial charge >= 0.3 is 29.6 Å². The molecular formula is C23H28I4N4NaO4V-. The summed E-state index contributed by atoms with van der Waals surface area (Å²) in [5.41, 5.74) is 17.3. The van der Waals surface area contributed by atoms with Crippen molar-refractivity contribution >= 4 is 102 Å². The summed E-state index contributed by atoms with van der Waals surface area (Å²) in [7, 11) is 3.27. The Bertz CT molecular complexity index is 979. The molecule has 4 rings (SSSR count). The molecule has 199 valence electrons. The summed E-state index contributed by atoms with van der Waals surface area (Å²) in [5.74, 6) is 1.92. The molecule has 1 N–H and O–H groups in total. The minimum absolute atomic E-state index is 0. The number of carbonyl (C=O) groups excluding carboxylic acids is 2. The van der Waals surface area contributed by atoms with Crippen LogP contribution in [0.2, 0.25) is 0 Å². The molecule has 0 saturated heterocycles. The molecule has 1 aliphatic carbocycles. The van der Waals surface area contributed by atoms with Crippen LogP contribution in [-0.2, 0) is 31.4 Å². The fourth-order valence-corrected chi connectivity index (χ4v) is 3.09. The van der Waals surface area contributed by atoms with Gasteiger partial charge in [-0.2, -0.15) is 0 Å². The standard InChI is InChI=1S/C10H11NO2.C10H10O2.CHI3.CH2I.CH4.N3.Na.V/c1-13-8-2-3-9-7(6-8)4-5-11-10(9)12;1-12-8-3-4-9-7(6-8)2-5-10(9)11;2-1(3)4;1-2;;1-3-2;;/h2-3,6H,4-5H2,1H3,(H,11,12);3-4,6H,2,5H2,1H3;1H;1H2;1H4;;;/q;;;-1;;-1;+1;. The third-order valence-electron chi connectivity index (χ3n) is 4.47. The SMILES string of the molecule is C.COc1ccc2c(c1)CCC2=O.COc1ccc2c(c1)CCNC2=O.IC(I)I.[CH2-]I.[N-]=[N+]=[N-].[Na+].[V]. The molecular weight excluding hydrogens is 978 g/mol. The van der Waals surface area contributed by atoms with Crippen LogP contribution in [0.1, 0.15) is 45.7 Å². The first-order valence-corrected chi connectivity index (χ1v) is 14.9. The van der Waals surface area contributed by atoms with Gasteiger partial charge in [-0.15, -0.1) is 0 Å². The summed E-state index contributed by atoms with van der Waals surface area (Å²) in [6, 6.07) is 11.2. The summed E-state index contributed by atoms with van der Waals surface area (Å²) in [4.78, 5) is 27.3. The van der Waals surface area contributed by atoms with Crippen molar-refractivity contribution in [3.8, 4) is 11.5 Å². The molecule has 0 unspecified atom stereocenters. The monoisotopic (exact) mass is 1010 g/mol. The molecule has 1 radical (unpaired) electrons. The first-order valence-electron chi connectivity index (χ1n) is 9.60. The normalized spacial score (nSPS) is 11.2. The number of nitrogens with zero attached hydrogens (tertiary/aromatic N) is 3. The maximum absolute atomic E-state index is 11.3. The third kappa shape index (κ3) is 18.1. The Balaban J connectivity index is -0.000000211. The number of nitrogens with one attached hydrogen (secondary N) is 1. The van der Waals surface area contributed by atoms with E-state index in [1.54, 1.807) is 14.2 Å². The molecule has 37 heavy (non-hydrogen) atoms. The van der Waals surface area contributed by atoms with Crippen LogP contribution in [0.4, 0.5) is 0 Å². The van der Waals surface area contributed by atoms with E-state index >= 15 is 0 Å². The van der Waals surface area contributed by atoms with Crippen LogP contribution in [0.15, 0.2) is 36.4 Å². The Morgan fingerprint density at radius 1 is 0.892 bits per heavy atom. The van der Waals surface area contributed by atoms with Crippen molar-refractivity contribution in [1.29, 1.82) is 0 Å². The quantitative estimate of drug-likeness (QED) is 0.0857. The molecule has 2 aliphatic rings. The van der Waals surface area contributed by atoms with Gasteiger partial charge in [0.15, 0.2) is 5.78 Å². The largest absolute Gasteiger partial charge is 1.00 e. The Kier molecular flexibility index (Phi) is 33.1. The van der Waals surface area contributed by atoms with Gasteiger partial charge in [-0.05, 0) is 60.4 Å². The number of amides is 1. The van der Waals surface area contributed by atoms with Gasteiger partial charge < -0.3 is 48.4 Å². The van der Waals surface area contributed by atoms with Crippen molar-refractivity contribution in [3.05, 3.63) is 79.6 Å². The minimum atomic E-state index is 0. The Morgan fingerprint density at radius 3 is 1.73 bits per heavy atom. The molecule has 2 aromatic rings. The van der Waals surface area contributed by atoms with Crippen LogP contribution in [0.5, 0.6) is 11.5 Å². The van der Waals surface area contributed by atoms with Gasteiger partial charge in [0.05, 0.1) is 14.2 Å². The number of Topliss-reactive ketones (excluding diaryl/α,β-unsaturated/α-hetero) is 1. The van der Waals surface area contributed by atoms with E-state index in [2.05, 4.69) is 78.0 Å². The number of fused-ring (bicyclic) bond motifs is 2.